The van der Waals surface area contributed by atoms with Gasteiger partial charge < -0.3 is 8.74 Å². The van der Waals surface area contributed by atoms with Crippen LogP contribution in [0.1, 0.15) is 51.5 Å². The SMILES string of the molecule is Cn1nc(C2CC2)c(C(=O)c2ccc(C(F)(F)F)cc2CS(=O)O)c1OS(=O)O. The van der Waals surface area contributed by atoms with Crippen molar-refractivity contribution in [2.24, 2.45) is 7.05 Å². The van der Waals surface area contributed by atoms with Gasteiger partial charge in [0.05, 0.1) is 17.0 Å². The number of hydrogen-bond donors (Lipinski definition) is 2. The zero-order valence-electron chi connectivity index (χ0n) is 14.8. The van der Waals surface area contributed by atoms with Crippen LogP contribution in [0, 0.1) is 0 Å². The number of rotatable bonds is 7. The van der Waals surface area contributed by atoms with Crippen LogP contribution in [0.15, 0.2) is 18.2 Å². The van der Waals surface area contributed by atoms with Crippen LogP contribution in [0.2, 0.25) is 0 Å². The van der Waals surface area contributed by atoms with Crippen LogP contribution >= 0.6 is 0 Å². The molecule has 1 aliphatic carbocycles. The van der Waals surface area contributed by atoms with E-state index in [0.717, 1.165) is 23.6 Å². The summed E-state index contributed by atoms with van der Waals surface area (Å²) in [7, 11) is 1.39. The average molecular weight is 452 g/mol. The van der Waals surface area contributed by atoms with Crippen molar-refractivity contribution in [3.8, 4) is 5.88 Å². The molecule has 2 aromatic rings. The lowest BCUT2D eigenvalue weighted by Crippen LogP contribution is -2.14. The highest BCUT2D eigenvalue weighted by Crippen LogP contribution is 2.44. The van der Waals surface area contributed by atoms with Crippen LogP contribution in [0.3, 0.4) is 0 Å². The van der Waals surface area contributed by atoms with Gasteiger partial charge in [0.2, 0.25) is 11.7 Å². The Balaban J connectivity index is 2.15. The number of carbonyl (C=O) groups is 1. The van der Waals surface area contributed by atoms with Crippen LogP contribution in [-0.4, -0.2) is 33.1 Å². The molecule has 8 nitrogen and oxygen atoms in total. The minimum Gasteiger partial charge on any atom is -0.359 e. The monoisotopic (exact) mass is 452 g/mol. The molecule has 0 saturated heterocycles. The number of halogens is 3. The summed E-state index contributed by atoms with van der Waals surface area (Å²) in [4.78, 5) is 13.2. The lowest BCUT2D eigenvalue weighted by atomic mass is 9.96. The molecule has 158 valence electrons. The predicted octanol–water partition coefficient (Wildman–Crippen LogP) is 2.78. The van der Waals surface area contributed by atoms with Crippen molar-refractivity contribution in [3.63, 3.8) is 0 Å². The van der Waals surface area contributed by atoms with Crippen molar-refractivity contribution in [2.45, 2.75) is 30.7 Å². The molecule has 3 rings (SSSR count). The average Bonchev–Trinajstić information content (AvgIpc) is 3.38. The molecule has 0 aliphatic heterocycles. The minimum absolute atomic E-state index is 0.0884. The zero-order valence-corrected chi connectivity index (χ0v) is 16.4. The molecule has 1 fully saturated rings. The van der Waals surface area contributed by atoms with E-state index in [2.05, 4.69) is 5.10 Å². The van der Waals surface area contributed by atoms with E-state index in [1.807, 2.05) is 0 Å². The Morgan fingerprint density at radius 1 is 1.31 bits per heavy atom. The molecule has 2 N–H and O–H groups in total. The summed E-state index contributed by atoms with van der Waals surface area (Å²) >= 11 is -5.28. The van der Waals surface area contributed by atoms with Gasteiger partial charge in [-0.1, -0.05) is 6.07 Å². The van der Waals surface area contributed by atoms with Gasteiger partial charge in [-0.05, 0) is 30.5 Å². The van der Waals surface area contributed by atoms with E-state index in [1.54, 1.807) is 0 Å². The van der Waals surface area contributed by atoms with Crippen LogP contribution < -0.4 is 4.18 Å². The highest BCUT2D eigenvalue weighted by Gasteiger charge is 2.37. The fourth-order valence-corrected chi connectivity index (χ4v) is 3.76. The molecule has 29 heavy (non-hydrogen) atoms. The quantitative estimate of drug-likeness (QED) is 0.490. The van der Waals surface area contributed by atoms with Crippen LogP contribution in [0.4, 0.5) is 13.2 Å². The van der Waals surface area contributed by atoms with Gasteiger partial charge in [0.25, 0.3) is 0 Å². The van der Waals surface area contributed by atoms with Crippen LogP contribution in [0.5, 0.6) is 5.88 Å². The van der Waals surface area contributed by atoms with Gasteiger partial charge in [-0.25, -0.2) is 8.89 Å². The fraction of sp³-hybridized carbons (Fsp3) is 0.375. The highest BCUT2D eigenvalue weighted by molar-refractivity contribution is 7.78. The molecule has 0 bridgehead atoms. The number of ketones is 1. The van der Waals surface area contributed by atoms with Crippen molar-refractivity contribution in [2.75, 3.05) is 0 Å². The van der Waals surface area contributed by atoms with E-state index >= 15 is 0 Å². The molecule has 1 aliphatic rings. The van der Waals surface area contributed by atoms with E-state index in [-0.39, 0.29) is 28.5 Å². The first kappa shape index (κ1) is 21.6. The fourth-order valence-electron chi connectivity index (χ4n) is 2.93. The van der Waals surface area contributed by atoms with Crippen molar-refractivity contribution >= 4 is 28.2 Å². The van der Waals surface area contributed by atoms with Crippen LogP contribution in [0.25, 0.3) is 0 Å². The van der Waals surface area contributed by atoms with Crippen molar-refractivity contribution in [1.29, 1.82) is 0 Å². The van der Waals surface area contributed by atoms with Gasteiger partial charge in [-0.3, -0.25) is 9.35 Å². The third-order valence-corrected chi connectivity index (χ3v) is 5.18. The minimum atomic E-state index is -4.71. The standard InChI is InChI=1S/C16H15F3N2O6S2/c1-21-15(27-29(25)26)12(13(20-21)8-2-3-8)14(22)11-5-4-10(16(17,18)19)6-9(11)7-28(23)24/h4-6,8H,2-3,7H2,1H3,(H,23,24)(H,25,26). The number of aryl methyl sites for hydroxylation is 1. The van der Waals surface area contributed by atoms with E-state index < -0.39 is 45.7 Å². The second kappa shape index (κ2) is 7.97. The molecule has 1 saturated carbocycles. The Morgan fingerprint density at radius 2 is 1.97 bits per heavy atom. The number of hydrogen-bond acceptors (Lipinski definition) is 5. The Labute approximate surface area is 167 Å². The molecular formula is C16H15F3N2O6S2. The first-order valence-electron chi connectivity index (χ1n) is 8.17. The summed E-state index contributed by atoms with van der Waals surface area (Å²) in [6.07, 6.45) is -3.26. The molecule has 1 aromatic carbocycles. The zero-order chi connectivity index (χ0) is 21.5. The maximum atomic E-state index is 13.2. The maximum absolute atomic E-state index is 13.2. The molecule has 0 radical (unpaired) electrons. The Kier molecular flexibility index (Phi) is 5.94. The van der Waals surface area contributed by atoms with Crippen molar-refractivity contribution in [1.82, 2.24) is 9.78 Å². The van der Waals surface area contributed by atoms with Gasteiger partial charge >= 0.3 is 17.5 Å². The lowest BCUT2D eigenvalue weighted by Gasteiger charge is -2.13. The smallest absolute Gasteiger partial charge is 0.359 e. The number of alkyl halides is 3. The molecular weight excluding hydrogens is 437 g/mol. The third-order valence-electron chi connectivity index (χ3n) is 4.32. The van der Waals surface area contributed by atoms with Crippen molar-refractivity contribution < 1.29 is 39.7 Å². The first-order valence-corrected chi connectivity index (χ1v) is 10.5. The molecule has 1 aromatic heterocycles. The molecule has 0 amide bonds. The molecule has 2 unspecified atom stereocenters. The Hall–Kier alpha value is -2.09. The van der Waals surface area contributed by atoms with Crippen molar-refractivity contribution in [3.05, 3.63) is 46.1 Å². The van der Waals surface area contributed by atoms with E-state index in [9.17, 15) is 30.9 Å². The summed E-state index contributed by atoms with van der Waals surface area (Å²) in [5.74, 6) is -1.91. The van der Waals surface area contributed by atoms with Gasteiger partial charge in [0.15, 0.2) is 11.1 Å². The first-order chi connectivity index (χ1) is 13.5. The lowest BCUT2D eigenvalue weighted by molar-refractivity contribution is -0.137. The van der Waals surface area contributed by atoms with Gasteiger partial charge in [-0.2, -0.15) is 22.5 Å². The third kappa shape index (κ3) is 4.74. The normalized spacial score (nSPS) is 16.5. The second-order valence-electron chi connectivity index (χ2n) is 6.43. The summed E-state index contributed by atoms with van der Waals surface area (Å²) in [5.41, 5.74) is -1.46. The van der Waals surface area contributed by atoms with Crippen LogP contribution in [-0.2, 0) is 41.4 Å². The number of aromatic nitrogens is 2. The predicted molar refractivity (Wildman–Crippen MR) is 95.9 cm³/mol. The topological polar surface area (TPSA) is 119 Å². The Bertz CT molecular complexity index is 1020. The Morgan fingerprint density at radius 3 is 2.48 bits per heavy atom. The number of benzene rings is 1. The highest BCUT2D eigenvalue weighted by atomic mass is 32.2. The van der Waals surface area contributed by atoms with Gasteiger partial charge in [0, 0.05) is 18.5 Å². The maximum Gasteiger partial charge on any atom is 0.416 e. The summed E-state index contributed by atoms with van der Waals surface area (Å²) < 4.78 is 85.6. The molecule has 1 heterocycles. The molecule has 0 spiro atoms. The summed E-state index contributed by atoms with van der Waals surface area (Å²) in [6.45, 7) is 0. The van der Waals surface area contributed by atoms with E-state index in [4.69, 9.17) is 8.74 Å². The largest absolute Gasteiger partial charge is 0.416 e. The molecule has 2 atom stereocenters. The van der Waals surface area contributed by atoms with E-state index in [1.165, 1.54) is 7.05 Å². The number of carbonyl (C=O) groups excluding carboxylic acids is 1. The van der Waals surface area contributed by atoms with Gasteiger partial charge in [-0.15, -0.1) is 0 Å². The molecule has 13 heteroatoms. The number of nitrogens with zero attached hydrogens (tertiary/aromatic N) is 2. The summed E-state index contributed by atoms with van der Waals surface area (Å²) in [5, 5.41) is 4.16. The summed E-state index contributed by atoms with van der Waals surface area (Å²) in [6, 6.07) is 2.24. The van der Waals surface area contributed by atoms with Gasteiger partial charge in [0.1, 0.15) is 5.56 Å². The second-order valence-corrected chi connectivity index (χ2v) is 7.96. The van der Waals surface area contributed by atoms with E-state index in [0.29, 0.717) is 17.8 Å².